The number of aromatic nitrogens is 5. The van der Waals surface area contributed by atoms with Gasteiger partial charge < -0.3 is 14.4 Å². The Morgan fingerprint density at radius 2 is 1.81 bits per heavy atom. The number of hydrogen-bond acceptors (Lipinski definition) is 6. The van der Waals surface area contributed by atoms with Crippen molar-refractivity contribution in [3.05, 3.63) is 93.7 Å². The molecule has 8 bridgehead atoms. The molecule has 2 aliphatic heterocycles. The first-order chi connectivity index (χ1) is 23.3. The quantitative estimate of drug-likeness (QED) is 0.193. The molecule has 0 fully saturated rings. The largest absolute Gasteiger partial charge is 0.493 e. The summed E-state index contributed by atoms with van der Waals surface area (Å²) in [5.74, 6) is 0.660. The van der Waals surface area contributed by atoms with E-state index < -0.39 is 5.97 Å². The van der Waals surface area contributed by atoms with E-state index >= 15 is 0 Å². The fourth-order valence-electron chi connectivity index (χ4n) is 7.56. The number of aryl methyl sites for hydroxylation is 4. The number of carboxylic acid groups (broad SMARTS) is 1. The van der Waals surface area contributed by atoms with Crippen LogP contribution in [0, 0.1) is 0 Å². The van der Waals surface area contributed by atoms with Crippen LogP contribution in [-0.2, 0) is 52.3 Å². The Bertz CT molecular complexity index is 2230. The van der Waals surface area contributed by atoms with E-state index in [-0.39, 0.29) is 5.69 Å². The van der Waals surface area contributed by atoms with Gasteiger partial charge in [-0.15, -0.1) is 11.8 Å². The summed E-state index contributed by atoms with van der Waals surface area (Å²) in [4.78, 5) is 16.2. The van der Waals surface area contributed by atoms with E-state index in [2.05, 4.69) is 47.0 Å². The van der Waals surface area contributed by atoms with Crippen LogP contribution in [0.15, 0.2) is 59.5 Å². The van der Waals surface area contributed by atoms with Gasteiger partial charge in [-0.1, -0.05) is 41.9 Å². The number of fused-ring (bicyclic) bond motifs is 10. The molecular weight excluding hydrogens is 644 g/mol. The molecule has 246 valence electrons. The van der Waals surface area contributed by atoms with Gasteiger partial charge in [-0.05, 0) is 67.9 Å². The Morgan fingerprint density at radius 1 is 0.958 bits per heavy atom. The van der Waals surface area contributed by atoms with Gasteiger partial charge in [0, 0.05) is 77.7 Å². The van der Waals surface area contributed by atoms with E-state index in [0.29, 0.717) is 37.6 Å². The van der Waals surface area contributed by atoms with Crippen molar-refractivity contribution in [2.24, 2.45) is 14.1 Å². The molecule has 8 rings (SSSR count). The number of ether oxygens (including phenoxy) is 1. The molecule has 3 aromatic carbocycles. The lowest BCUT2D eigenvalue weighted by molar-refractivity contribution is 0.0685. The highest BCUT2D eigenvalue weighted by Crippen LogP contribution is 2.44. The fraction of sp³-hybridized carbons (Fsp3) is 0.324. The Kier molecular flexibility index (Phi) is 7.97. The minimum absolute atomic E-state index is 0.285. The number of carbonyl (C=O) groups is 1. The van der Waals surface area contributed by atoms with Gasteiger partial charge in [-0.3, -0.25) is 14.3 Å². The highest BCUT2D eigenvalue weighted by molar-refractivity contribution is 7.98. The second-order valence-corrected chi connectivity index (χ2v) is 14.4. The Morgan fingerprint density at radius 3 is 2.67 bits per heavy atom. The van der Waals surface area contributed by atoms with Gasteiger partial charge in [0.1, 0.15) is 11.4 Å². The van der Waals surface area contributed by atoms with E-state index in [1.807, 2.05) is 47.6 Å². The van der Waals surface area contributed by atoms with Crippen LogP contribution in [0.2, 0.25) is 5.02 Å². The second kappa shape index (κ2) is 12.3. The van der Waals surface area contributed by atoms with Crippen LogP contribution in [0.5, 0.6) is 5.75 Å². The molecule has 48 heavy (non-hydrogen) atoms. The number of benzene rings is 3. The highest BCUT2D eigenvalue weighted by Gasteiger charge is 2.30. The van der Waals surface area contributed by atoms with Crippen LogP contribution < -0.4 is 4.74 Å². The molecule has 0 atom stereocenters. The third-order valence-corrected chi connectivity index (χ3v) is 11.0. The van der Waals surface area contributed by atoms with Crippen LogP contribution in [-0.4, -0.2) is 53.8 Å². The van der Waals surface area contributed by atoms with E-state index in [0.717, 1.165) is 96.9 Å². The SMILES string of the molecule is CN1Cc2cc(n(C)n2)CSc2cc(c3ccccc3c2)OCCCc2c(C(=O)O)n(C)c3c(c(Cl)ccc23)-c2c(nn3c2CCC3)C1. The van der Waals surface area contributed by atoms with Crippen LogP contribution in [0.3, 0.4) is 0 Å². The molecule has 0 spiro atoms. The van der Waals surface area contributed by atoms with E-state index in [1.54, 1.807) is 11.8 Å². The molecule has 1 N–H and O–H groups in total. The number of aromatic carboxylic acids is 1. The molecule has 6 aromatic rings. The molecule has 0 amide bonds. The summed E-state index contributed by atoms with van der Waals surface area (Å²) in [6.07, 6.45) is 3.12. The number of halogens is 1. The molecule has 5 heterocycles. The van der Waals surface area contributed by atoms with Gasteiger partial charge in [-0.25, -0.2) is 4.79 Å². The van der Waals surface area contributed by atoms with Gasteiger partial charge >= 0.3 is 5.97 Å². The molecule has 2 aliphatic rings. The van der Waals surface area contributed by atoms with Crippen molar-refractivity contribution in [2.45, 2.75) is 56.0 Å². The second-order valence-electron chi connectivity index (χ2n) is 12.9. The minimum atomic E-state index is -0.952. The van der Waals surface area contributed by atoms with E-state index in [4.69, 9.17) is 26.5 Å². The molecule has 0 aliphatic carbocycles. The first-order valence-corrected chi connectivity index (χ1v) is 17.7. The van der Waals surface area contributed by atoms with Gasteiger partial charge in [0.15, 0.2) is 0 Å². The number of nitrogens with zero attached hydrogens (tertiary/aromatic N) is 6. The predicted octanol–water partition coefficient (Wildman–Crippen LogP) is 7.48. The lowest BCUT2D eigenvalue weighted by Crippen LogP contribution is -2.19. The summed E-state index contributed by atoms with van der Waals surface area (Å²) in [6, 6.07) is 18.7. The summed E-state index contributed by atoms with van der Waals surface area (Å²) in [5, 5.41) is 24.2. The third kappa shape index (κ3) is 5.36. The smallest absolute Gasteiger partial charge is 0.352 e. The fourth-order valence-corrected chi connectivity index (χ4v) is 8.79. The van der Waals surface area contributed by atoms with Crippen LogP contribution in [0.1, 0.15) is 51.7 Å². The van der Waals surface area contributed by atoms with Gasteiger partial charge in [-0.2, -0.15) is 10.2 Å². The zero-order valence-corrected chi connectivity index (χ0v) is 28.9. The highest BCUT2D eigenvalue weighted by atomic mass is 35.5. The lowest BCUT2D eigenvalue weighted by Gasteiger charge is -2.17. The number of hydrogen-bond donors (Lipinski definition) is 1. The monoisotopic (exact) mass is 680 g/mol. The maximum absolute atomic E-state index is 12.8. The Hall–Kier alpha value is -4.25. The molecular formula is C37H37ClN6O3S. The van der Waals surface area contributed by atoms with E-state index in [1.165, 1.54) is 0 Å². The third-order valence-electron chi connectivity index (χ3n) is 9.67. The molecule has 0 unspecified atom stereocenters. The maximum atomic E-state index is 12.8. The van der Waals surface area contributed by atoms with Gasteiger partial charge in [0.05, 0.1) is 28.5 Å². The average molecular weight is 681 g/mol. The topological polar surface area (TPSA) is 90.3 Å². The van der Waals surface area contributed by atoms with Crippen molar-refractivity contribution in [1.82, 2.24) is 29.0 Å². The molecule has 3 aromatic heterocycles. The molecule has 0 radical (unpaired) electrons. The lowest BCUT2D eigenvalue weighted by atomic mass is 9.97. The normalized spacial score (nSPS) is 15.8. The first-order valence-electron chi connectivity index (χ1n) is 16.4. The summed E-state index contributed by atoms with van der Waals surface area (Å²) < 4.78 is 12.4. The van der Waals surface area contributed by atoms with Crippen molar-refractivity contribution in [3.8, 4) is 16.9 Å². The van der Waals surface area contributed by atoms with Gasteiger partial charge in [0.25, 0.3) is 0 Å². The maximum Gasteiger partial charge on any atom is 0.352 e. The molecule has 0 saturated carbocycles. The molecule has 11 heteroatoms. The van der Waals surface area contributed by atoms with Crippen molar-refractivity contribution in [2.75, 3.05) is 13.7 Å². The van der Waals surface area contributed by atoms with Crippen LogP contribution in [0.4, 0.5) is 0 Å². The van der Waals surface area contributed by atoms with E-state index in [9.17, 15) is 9.90 Å². The van der Waals surface area contributed by atoms with Crippen LogP contribution >= 0.6 is 23.4 Å². The van der Waals surface area contributed by atoms with Crippen LogP contribution in [0.25, 0.3) is 32.8 Å². The first kappa shape index (κ1) is 31.0. The summed E-state index contributed by atoms with van der Waals surface area (Å²) in [7, 11) is 5.94. The summed E-state index contributed by atoms with van der Waals surface area (Å²) in [5.41, 5.74) is 8.05. The number of rotatable bonds is 1. The van der Waals surface area contributed by atoms with Crippen molar-refractivity contribution in [1.29, 1.82) is 0 Å². The molecule has 9 nitrogen and oxygen atoms in total. The summed E-state index contributed by atoms with van der Waals surface area (Å²) in [6.45, 7) is 2.57. The summed E-state index contributed by atoms with van der Waals surface area (Å²) >= 11 is 8.85. The zero-order valence-electron chi connectivity index (χ0n) is 27.3. The van der Waals surface area contributed by atoms with Crippen molar-refractivity contribution >= 4 is 51.0 Å². The average Bonchev–Trinajstić information content (AvgIpc) is 3.80. The van der Waals surface area contributed by atoms with Crippen molar-refractivity contribution in [3.63, 3.8) is 0 Å². The zero-order chi connectivity index (χ0) is 33.1. The number of thioether (sulfide) groups is 1. The minimum Gasteiger partial charge on any atom is -0.493 e. The molecule has 0 saturated heterocycles. The van der Waals surface area contributed by atoms with Gasteiger partial charge in [0.2, 0.25) is 0 Å². The predicted molar refractivity (Wildman–Crippen MR) is 190 cm³/mol. The number of carboxylic acids is 1. The standard InChI is InChI=1S/C37H37ClN6O3S/c1-41-19-23-17-24(43(3)39-23)21-48-25-16-22-8-4-5-9-26(22)32(18-25)47-15-7-10-27-28-12-13-29(38)33(35(28)42(2)36(27)37(45)46)34-30(20-41)40-44-14-6-11-31(34)44/h4-5,8-9,12-13,16-18H,6-7,10-11,14-15,19-21H2,1-3H3,(H,45,46). The van der Waals surface area contributed by atoms with Crippen molar-refractivity contribution < 1.29 is 14.6 Å². The Balaban J connectivity index is 1.28. The Labute approximate surface area is 288 Å².